The molecule has 15 atom stereocenters. The summed E-state index contributed by atoms with van der Waals surface area (Å²) in [6.07, 6.45) is -19.9. The van der Waals surface area contributed by atoms with Gasteiger partial charge in [0.2, 0.25) is 0 Å². The third kappa shape index (κ3) is 5.40. The lowest BCUT2D eigenvalue weighted by atomic mass is 9.81. The van der Waals surface area contributed by atoms with Gasteiger partial charge in [-0.1, -0.05) is 0 Å². The van der Waals surface area contributed by atoms with E-state index in [-0.39, 0.29) is 6.42 Å². The molecule has 3 fully saturated rings. The molecule has 10 N–H and O–H groups in total. The van der Waals surface area contributed by atoms with Crippen molar-refractivity contribution in [3.8, 4) is 0 Å². The Morgan fingerprint density at radius 3 is 1.76 bits per heavy atom. The van der Waals surface area contributed by atoms with Crippen molar-refractivity contribution in [1.29, 1.82) is 0 Å². The first-order valence-corrected chi connectivity index (χ1v) is 11.3. The predicted molar refractivity (Wildman–Crippen MR) is 108 cm³/mol. The van der Waals surface area contributed by atoms with Crippen molar-refractivity contribution >= 4 is 0 Å². The highest BCUT2D eigenvalue weighted by atomic mass is 16.7. The van der Waals surface area contributed by atoms with Crippen LogP contribution in [0.3, 0.4) is 0 Å². The van der Waals surface area contributed by atoms with E-state index in [2.05, 4.69) is 0 Å². The zero-order valence-corrected chi connectivity index (χ0v) is 18.6. The lowest BCUT2D eigenvalue weighted by molar-refractivity contribution is -0.351. The molecule has 1 aliphatic carbocycles. The summed E-state index contributed by atoms with van der Waals surface area (Å²) in [5.41, 5.74) is 0. The Morgan fingerprint density at radius 2 is 1.18 bits per heavy atom. The van der Waals surface area contributed by atoms with E-state index in [1.54, 1.807) is 0 Å². The zero-order chi connectivity index (χ0) is 25.3. The fourth-order valence-corrected chi connectivity index (χ4v) is 4.73. The molecule has 0 radical (unpaired) electrons. The van der Waals surface area contributed by atoms with Crippen LogP contribution in [0.1, 0.15) is 13.3 Å². The minimum absolute atomic E-state index is 0.0901. The van der Waals surface area contributed by atoms with E-state index in [9.17, 15) is 51.1 Å². The second-order valence-electron chi connectivity index (χ2n) is 9.14. The van der Waals surface area contributed by atoms with Gasteiger partial charge in [0.15, 0.2) is 6.29 Å². The number of hydrogen-bond acceptors (Lipinski definition) is 14. The van der Waals surface area contributed by atoms with E-state index in [1.807, 2.05) is 0 Å². The molecule has 2 saturated heterocycles. The van der Waals surface area contributed by atoms with Crippen LogP contribution in [-0.2, 0) is 18.9 Å². The average molecular weight is 500 g/mol. The summed E-state index contributed by atoms with van der Waals surface area (Å²) >= 11 is 0. The molecule has 2 heterocycles. The number of aliphatic hydroxyl groups excluding tert-OH is 10. The molecule has 14 heteroatoms. The lowest BCUT2D eigenvalue weighted by Gasteiger charge is -2.48. The molecule has 3 rings (SSSR count). The summed E-state index contributed by atoms with van der Waals surface area (Å²) in [6, 6.07) is 0. The van der Waals surface area contributed by atoms with E-state index < -0.39 is 111 Å². The van der Waals surface area contributed by atoms with Crippen molar-refractivity contribution in [2.75, 3.05) is 19.8 Å². The first kappa shape index (κ1) is 28.0. The molecule has 2 aliphatic heterocycles. The van der Waals surface area contributed by atoms with Gasteiger partial charge in [-0.05, 0) is 13.3 Å². The van der Waals surface area contributed by atoms with Crippen molar-refractivity contribution in [1.82, 2.24) is 0 Å². The Kier molecular flexibility index (Phi) is 9.61. The summed E-state index contributed by atoms with van der Waals surface area (Å²) in [5, 5.41) is 101. The van der Waals surface area contributed by atoms with Crippen LogP contribution in [-0.4, -0.2) is 157 Å². The van der Waals surface area contributed by atoms with Gasteiger partial charge in [-0.2, -0.15) is 0 Å². The first-order chi connectivity index (χ1) is 16.0. The molecule has 200 valence electrons. The standard InChI is InChI=1S/C20H36O14/c1-6-11(24)15(28)19(9(4-22)31-6)34-20-17(30)16(29)18(10(5-23)33-20)32-8-2-7(3-21)12(25)14(27)13(8)26/h6-30H,2-5H2,1H3/t6-,7?,8-,9-,10?,11?,12-,13?,14-,15?,16+,17?,18-,19+,20-/m0/s1. The smallest absolute Gasteiger partial charge is 0.187 e. The normalized spacial score (nSPS) is 52.5. The Morgan fingerprint density at radius 1 is 0.618 bits per heavy atom. The van der Waals surface area contributed by atoms with Gasteiger partial charge in [0.05, 0.1) is 31.5 Å². The molecule has 14 nitrogen and oxygen atoms in total. The van der Waals surface area contributed by atoms with Gasteiger partial charge in [0.1, 0.15) is 61.0 Å². The maximum absolute atomic E-state index is 10.7. The largest absolute Gasteiger partial charge is 0.396 e. The fraction of sp³-hybridized carbons (Fsp3) is 1.00. The monoisotopic (exact) mass is 500 g/mol. The van der Waals surface area contributed by atoms with Gasteiger partial charge in [-0.25, -0.2) is 0 Å². The molecule has 0 aromatic carbocycles. The van der Waals surface area contributed by atoms with Crippen LogP contribution in [0.5, 0.6) is 0 Å². The van der Waals surface area contributed by atoms with Gasteiger partial charge in [-0.15, -0.1) is 0 Å². The van der Waals surface area contributed by atoms with Crippen LogP contribution < -0.4 is 0 Å². The topological polar surface area (TPSA) is 239 Å². The summed E-state index contributed by atoms with van der Waals surface area (Å²) in [6.45, 7) is -0.320. The Bertz CT molecular complexity index is 634. The Balaban J connectivity index is 1.72. The molecule has 3 aliphatic rings. The third-order valence-electron chi connectivity index (χ3n) is 6.88. The van der Waals surface area contributed by atoms with Gasteiger partial charge in [0, 0.05) is 12.5 Å². The molecule has 1 saturated carbocycles. The highest BCUT2D eigenvalue weighted by molar-refractivity contribution is 4.98. The van der Waals surface area contributed by atoms with Crippen LogP contribution >= 0.6 is 0 Å². The predicted octanol–water partition coefficient (Wildman–Crippen LogP) is -5.84. The summed E-state index contributed by atoms with van der Waals surface area (Å²) < 4.78 is 22.2. The average Bonchev–Trinajstić information content (AvgIpc) is 2.83. The van der Waals surface area contributed by atoms with Crippen molar-refractivity contribution in [3.63, 3.8) is 0 Å². The maximum atomic E-state index is 10.7. The van der Waals surface area contributed by atoms with Crippen LogP contribution in [0.4, 0.5) is 0 Å². The SMILES string of the molecule is C[C@@H]1O[C@@H](CO)[C@@H](O[C@@H]2OC(CO)[C@H](O[C@H]3CC(CO)[C@H](O)[C@H](O)C3O)[C@H](O)C2O)C(O)C1O. The molecular formula is C20H36O14. The molecule has 0 amide bonds. The molecule has 0 spiro atoms. The highest BCUT2D eigenvalue weighted by Gasteiger charge is 2.52. The minimum atomic E-state index is -1.79. The van der Waals surface area contributed by atoms with E-state index in [0.29, 0.717) is 0 Å². The Labute approximate surface area is 195 Å². The van der Waals surface area contributed by atoms with E-state index in [4.69, 9.17) is 18.9 Å². The maximum Gasteiger partial charge on any atom is 0.187 e. The van der Waals surface area contributed by atoms with Gasteiger partial charge in [0.25, 0.3) is 0 Å². The summed E-state index contributed by atoms with van der Waals surface area (Å²) in [4.78, 5) is 0. The van der Waals surface area contributed by atoms with Crippen LogP contribution in [0.25, 0.3) is 0 Å². The molecule has 6 unspecified atom stereocenters. The van der Waals surface area contributed by atoms with Crippen molar-refractivity contribution in [3.05, 3.63) is 0 Å². The number of aliphatic hydroxyl groups is 10. The molecule has 34 heavy (non-hydrogen) atoms. The second-order valence-corrected chi connectivity index (χ2v) is 9.14. The molecule has 0 aromatic rings. The lowest BCUT2D eigenvalue weighted by Crippen LogP contribution is -2.65. The van der Waals surface area contributed by atoms with Crippen molar-refractivity contribution < 1.29 is 70.0 Å². The number of rotatable bonds is 7. The van der Waals surface area contributed by atoms with Gasteiger partial charge >= 0.3 is 0 Å². The summed E-state index contributed by atoms with van der Waals surface area (Å²) in [7, 11) is 0. The fourth-order valence-electron chi connectivity index (χ4n) is 4.73. The second kappa shape index (κ2) is 11.7. The number of ether oxygens (including phenoxy) is 4. The third-order valence-corrected chi connectivity index (χ3v) is 6.88. The summed E-state index contributed by atoms with van der Waals surface area (Å²) in [5.74, 6) is -0.823. The van der Waals surface area contributed by atoms with Crippen LogP contribution in [0.15, 0.2) is 0 Å². The van der Waals surface area contributed by atoms with E-state index in [0.717, 1.165) is 0 Å². The first-order valence-electron chi connectivity index (χ1n) is 11.3. The highest BCUT2D eigenvalue weighted by Crippen LogP contribution is 2.33. The van der Waals surface area contributed by atoms with Crippen molar-refractivity contribution in [2.45, 2.75) is 99.0 Å². The minimum Gasteiger partial charge on any atom is -0.396 e. The van der Waals surface area contributed by atoms with Crippen LogP contribution in [0.2, 0.25) is 0 Å². The van der Waals surface area contributed by atoms with E-state index >= 15 is 0 Å². The van der Waals surface area contributed by atoms with Gasteiger partial charge in [-0.3, -0.25) is 0 Å². The number of hydrogen-bond donors (Lipinski definition) is 10. The molecule has 0 aromatic heterocycles. The van der Waals surface area contributed by atoms with Gasteiger partial charge < -0.3 is 70.0 Å². The van der Waals surface area contributed by atoms with Crippen molar-refractivity contribution in [2.24, 2.45) is 5.92 Å². The molecule has 0 bridgehead atoms. The van der Waals surface area contributed by atoms with Crippen LogP contribution in [0, 0.1) is 5.92 Å². The quantitative estimate of drug-likeness (QED) is 0.157. The van der Waals surface area contributed by atoms with E-state index in [1.165, 1.54) is 6.92 Å². The molecular weight excluding hydrogens is 464 g/mol. The zero-order valence-electron chi connectivity index (χ0n) is 18.6. The Hall–Kier alpha value is -0.560.